The van der Waals surface area contributed by atoms with E-state index in [0.717, 1.165) is 0 Å². The largest absolute Gasteiger partial charge is 0.394 e. The van der Waals surface area contributed by atoms with Crippen LogP contribution in [0.25, 0.3) is 0 Å². The van der Waals surface area contributed by atoms with Crippen LogP contribution in [0.15, 0.2) is 11.8 Å². The molecule has 0 aliphatic heterocycles. The van der Waals surface area contributed by atoms with Crippen LogP contribution in [0.1, 0.15) is 77.0 Å². The molecule has 1 rings (SSSR count). The van der Waals surface area contributed by atoms with Gasteiger partial charge in [-0.15, -0.1) is 0 Å². The number of hydrogen-bond donors (Lipinski definition) is 1. The van der Waals surface area contributed by atoms with Gasteiger partial charge in [0, 0.05) is 7.05 Å². The molecule has 1 aliphatic carbocycles. The van der Waals surface area contributed by atoms with Crippen molar-refractivity contribution >= 4 is 0 Å². The Morgan fingerprint density at radius 3 is 1.44 bits per heavy atom. The predicted octanol–water partition coefficient (Wildman–Crippen LogP) is 4.78. The minimum atomic E-state index is 1.32. The summed E-state index contributed by atoms with van der Waals surface area (Å²) in [6, 6.07) is 0. The van der Waals surface area contributed by atoms with Crippen molar-refractivity contribution in [3.8, 4) is 0 Å². The summed E-state index contributed by atoms with van der Waals surface area (Å²) in [6.07, 6.45) is 19.3. The summed E-state index contributed by atoms with van der Waals surface area (Å²) in [6.45, 7) is 0. The van der Waals surface area contributed by atoms with Gasteiger partial charge in [0.1, 0.15) is 0 Å². The minimum absolute atomic E-state index is 1.32. The second-order valence-electron chi connectivity index (χ2n) is 5.13. The lowest BCUT2D eigenvalue weighted by Crippen LogP contribution is -1.97. The van der Waals surface area contributed by atoms with Crippen LogP contribution in [0.3, 0.4) is 0 Å². The van der Waals surface area contributed by atoms with Gasteiger partial charge >= 0.3 is 0 Å². The van der Waals surface area contributed by atoms with Gasteiger partial charge in [-0.2, -0.15) is 0 Å². The molecule has 0 radical (unpaired) electrons. The standard InChI is InChI=1S/C15H29N/c1-16-14-15-12-10-8-6-4-2-3-5-7-9-11-13-15/h14,16H,2-13H2,1H3. The number of allylic oxidation sites excluding steroid dienone is 1. The zero-order valence-corrected chi connectivity index (χ0v) is 11.1. The molecule has 0 atom stereocenters. The summed E-state index contributed by atoms with van der Waals surface area (Å²) in [5.74, 6) is 0. The second kappa shape index (κ2) is 9.74. The molecule has 16 heavy (non-hydrogen) atoms. The smallest absolute Gasteiger partial charge is 0.00276 e. The van der Waals surface area contributed by atoms with Crippen molar-refractivity contribution in [1.82, 2.24) is 5.32 Å². The van der Waals surface area contributed by atoms with Crippen molar-refractivity contribution in [1.29, 1.82) is 0 Å². The van der Waals surface area contributed by atoms with Crippen LogP contribution in [0, 0.1) is 0 Å². The first kappa shape index (κ1) is 13.6. The fourth-order valence-corrected chi connectivity index (χ4v) is 2.59. The van der Waals surface area contributed by atoms with Crippen molar-refractivity contribution in [3.63, 3.8) is 0 Å². The zero-order chi connectivity index (χ0) is 11.5. The Hall–Kier alpha value is -0.460. The van der Waals surface area contributed by atoms with E-state index in [1.54, 1.807) is 5.57 Å². The minimum Gasteiger partial charge on any atom is -0.394 e. The number of nitrogens with one attached hydrogen (secondary N) is 1. The highest BCUT2D eigenvalue weighted by atomic mass is 14.8. The Bertz CT molecular complexity index is 168. The van der Waals surface area contributed by atoms with Gasteiger partial charge < -0.3 is 5.32 Å². The van der Waals surface area contributed by atoms with Crippen LogP contribution in [-0.2, 0) is 0 Å². The van der Waals surface area contributed by atoms with Crippen molar-refractivity contribution in [2.24, 2.45) is 0 Å². The predicted molar refractivity (Wildman–Crippen MR) is 72.5 cm³/mol. The van der Waals surface area contributed by atoms with E-state index in [1.807, 2.05) is 7.05 Å². The summed E-state index contributed by atoms with van der Waals surface area (Å²) < 4.78 is 0. The molecular formula is C15H29N. The molecule has 0 aromatic carbocycles. The van der Waals surface area contributed by atoms with Gasteiger partial charge in [-0.05, 0) is 31.9 Å². The molecule has 0 aromatic rings. The monoisotopic (exact) mass is 223 g/mol. The molecule has 0 heterocycles. The van der Waals surface area contributed by atoms with E-state index < -0.39 is 0 Å². The average molecular weight is 223 g/mol. The number of hydrogen-bond acceptors (Lipinski definition) is 1. The summed E-state index contributed by atoms with van der Waals surface area (Å²) in [7, 11) is 2.02. The van der Waals surface area contributed by atoms with Crippen molar-refractivity contribution < 1.29 is 0 Å². The summed E-state index contributed by atoms with van der Waals surface area (Å²) in [5.41, 5.74) is 1.64. The van der Waals surface area contributed by atoms with Gasteiger partial charge in [0.15, 0.2) is 0 Å². The van der Waals surface area contributed by atoms with Gasteiger partial charge in [-0.25, -0.2) is 0 Å². The molecule has 0 bridgehead atoms. The SMILES string of the molecule is CNC=C1CCCCCCCCCCCC1. The molecule has 0 unspecified atom stereocenters. The molecule has 0 aromatic heterocycles. The first-order chi connectivity index (χ1) is 7.93. The van der Waals surface area contributed by atoms with E-state index >= 15 is 0 Å². The van der Waals surface area contributed by atoms with Crippen molar-refractivity contribution in [2.75, 3.05) is 7.05 Å². The van der Waals surface area contributed by atoms with E-state index in [0.29, 0.717) is 0 Å². The van der Waals surface area contributed by atoms with E-state index in [2.05, 4.69) is 11.5 Å². The first-order valence-corrected chi connectivity index (χ1v) is 7.28. The summed E-state index contributed by atoms with van der Waals surface area (Å²) in [4.78, 5) is 0. The van der Waals surface area contributed by atoms with E-state index in [-0.39, 0.29) is 0 Å². The summed E-state index contributed by atoms with van der Waals surface area (Å²) in [5, 5.41) is 3.20. The molecule has 1 heteroatoms. The summed E-state index contributed by atoms with van der Waals surface area (Å²) >= 11 is 0. The van der Waals surface area contributed by atoms with Crippen LogP contribution in [-0.4, -0.2) is 7.05 Å². The zero-order valence-electron chi connectivity index (χ0n) is 11.1. The number of rotatable bonds is 1. The molecule has 1 nitrogen and oxygen atoms in total. The Morgan fingerprint density at radius 1 is 0.688 bits per heavy atom. The lowest BCUT2D eigenvalue weighted by molar-refractivity contribution is 0.562. The molecule has 0 amide bonds. The molecule has 1 fully saturated rings. The lowest BCUT2D eigenvalue weighted by Gasteiger charge is -2.07. The van der Waals surface area contributed by atoms with Crippen LogP contribution in [0.4, 0.5) is 0 Å². The Morgan fingerprint density at radius 2 is 1.06 bits per heavy atom. The van der Waals surface area contributed by atoms with E-state index in [4.69, 9.17) is 0 Å². The maximum absolute atomic E-state index is 3.20. The van der Waals surface area contributed by atoms with Crippen molar-refractivity contribution in [2.45, 2.75) is 77.0 Å². The highest BCUT2D eigenvalue weighted by Gasteiger charge is 2.00. The third kappa shape index (κ3) is 6.92. The van der Waals surface area contributed by atoms with E-state index in [1.165, 1.54) is 77.0 Å². The van der Waals surface area contributed by atoms with Gasteiger partial charge in [-0.1, -0.05) is 56.9 Å². The maximum atomic E-state index is 3.20. The molecule has 0 spiro atoms. The highest BCUT2D eigenvalue weighted by Crippen LogP contribution is 2.19. The molecular weight excluding hydrogens is 194 g/mol. The van der Waals surface area contributed by atoms with Crippen LogP contribution >= 0.6 is 0 Å². The first-order valence-electron chi connectivity index (χ1n) is 7.28. The second-order valence-corrected chi connectivity index (χ2v) is 5.13. The quantitative estimate of drug-likeness (QED) is 0.674. The molecule has 1 saturated carbocycles. The van der Waals surface area contributed by atoms with Gasteiger partial charge in [0.25, 0.3) is 0 Å². The molecule has 94 valence electrons. The molecule has 1 N–H and O–H groups in total. The van der Waals surface area contributed by atoms with Gasteiger partial charge in [0.2, 0.25) is 0 Å². The molecule has 0 saturated heterocycles. The van der Waals surface area contributed by atoms with Crippen molar-refractivity contribution in [3.05, 3.63) is 11.8 Å². The van der Waals surface area contributed by atoms with Gasteiger partial charge in [0.05, 0.1) is 0 Å². The maximum Gasteiger partial charge on any atom is 0.00276 e. The average Bonchev–Trinajstić information content (AvgIpc) is 2.31. The fourth-order valence-electron chi connectivity index (χ4n) is 2.59. The molecule has 1 aliphatic rings. The normalized spacial score (nSPS) is 21.4. The highest BCUT2D eigenvalue weighted by molar-refractivity contribution is 5.00. The Kier molecular flexibility index (Phi) is 8.28. The lowest BCUT2D eigenvalue weighted by atomic mass is 10.0. The van der Waals surface area contributed by atoms with Crippen LogP contribution < -0.4 is 5.32 Å². The topological polar surface area (TPSA) is 12.0 Å². The van der Waals surface area contributed by atoms with Gasteiger partial charge in [-0.3, -0.25) is 0 Å². The van der Waals surface area contributed by atoms with Crippen LogP contribution in [0.2, 0.25) is 0 Å². The third-order valence-electron chi connectivity index (χ3n) is 3.59. The van der Waals surface area contributed by atoms with Crippen LogP contribution in [0.5, 0.6) is 0 Å². The van der Waals surface area contributed by atoms with E-state index in [9.17, 15) is 0 Å². The Labute approximate surface area is 102 Å². The Balaban J connectivity index is 2.29. The fraction of sp³-hybridized carbons (Fsp3) is 0.867. The third-order valence-corrected chi connectivity index (χ3v) is 3.59.